The first-order valence-corrected chi connectivity index (χ1v) is 9.96. The van der Waals surface area contributed by atoms with Crippen LogP contribution < -0.4 is 14.4 Å². The van der Waals surface area contributed by atoms with Crippen LogP contribution >= 0.6 is 11.6 Å². The fourth-order valence-corrected chi connectivity index (χ4v) is 3.44. The molecule has 0 saturated carbocycles. The Hall–Kier alpha value is -2.39. The summed E-state index contributed by atoms with van der Waals surface area (Å²) in [5.74, 6) is -2.69. The number of carbonyl (C=O) groups excluding carboxylic acids is 1. The molecule has 0 atom stereocenters. The van der Waals surface area contributed by atoms with Crippen molar-refractivity contribution < 1.29 is 26.7 Å². The molecule has 1 aliphatic rings. The van der Waals surface area contributed by atoms with E-state index in [1.807, 2.05) is 0 Å². The number of hydrogen-bond donors (Lipinski definition) is 1. The lowest BCUT2D eigenvalue weighted by Crippen LogP contribution is -2.51. The average molecular weight is 417 g/mol. The Morgan fingerprint density at radius 3 is 2.52 bits per heavy atom. The van der Waals surface area contributed by atoms with Crippen LogP contribution in [-0.2, 0) is 14.8 Å². The minimum atomic E-state index is -3.67. The van der Waals surface area contributed by atoms with E-state index in [9.17, 15) is 22.0 Å². The van der Waals surface area contributed by atoms with E-state index in [0.717, 1.165) is 17.2 Å². The van der Waals surface area contributed by atoms with Gasteiger partial charge in [0.2, 0.25) is 10.0 Å². The van der Waals surface area contributed by atoms with Crippen LogP contribution in [0.4, 0.5) is 25.8 Å². The van der Waals surface area contributed by atoms with E-state index in [1.54, 1.807) is 0 Å². The smallest absolute Gasteiger partial charge is 0.275 e. The second-order valence-electron chi connectivity index (χ2n) is 6.50. The first-order chi connectivity index (χ1) is 12.4. The van der Waals surface area contributed by atoms with Crippen molar-refractivity contribution in [2.75, 3.05) is 15.9 Å². The topological polar surface area (TPSA) is 75.7 Å². The summed E-state index contributed by atoms with van der Waals surface area (Å²) >= 11 is 5.80. The monoisotopic (exact) mass is 416 g/mol. The van der Waals surface area contributed by atoms with Crippen LogP contribution in [0.5, 0.6) is 5.75 Å². The molecule has 1 aliphatic heterocycles. The van der Waals surface area contributed by atoms with Crippen molar-refractivity contribution in [1.82, 2.24) is 0 Å². The average Bonchev–Trinajstić information content (AvgIpc) is 2.50. The highest BCUT2D eigenvalue weighted by Gasteiger charge is 2.44. The first kappa shape index (κ1) is 19.4. The molecule has 27 heavy (non-hydrogen) atoms. The highest BCUT2D eigenvalue weighted by Crippen LogP contribution is 2.46. The lowest BCUT2D eigenvalue weighted by atomic mass is 10.0. The van der Waals surface area contributed by atoms with Gasteiger partial charge in [0.15, 0.2) is 17.2 Å². The standard InChI is InChI=1S/C17H15ClF2N2O4S/c1-17(2)16(23)22(12-6-4-5-10(18)14(12)20)15-11(19)7-9(8-13(15)26-17)21-27(3,24)25/h4-8,21H,1-3H3. The molecule has 0 radical (unpaired) electrons. The van der Waals surface area contributed by atoms with E-state index in [0.29, 0.717) is 0 Å². The molecule has 0 aromatic heterocycles. The Kier molecular flexibility index (Phi) is 4.55. The molecule has 6 nitrogen and oxygen atoms in total. The minimum Gasteiger partial charge on any atom is -0.476 e. The van der Waals surface area contributed by atoms with Crippen LogP contribution in [0.25, 0.3) is 0 Å². The highest BCUT2D eigenvalue weighted by molar-refractivity contribution is 7.92. The SMILES string of the molecule is CC1(C)Oc2cc(NS(C)(=O)=O)cc(F)c2N(c2cccc(Cl)c2F)C1=O. The Balaban J connectivity index is 2.25. The van der Waals surface area contributed by atoms with Gasteiger partial charge < -0.3 is 4.74 Å². The van der Waals surface area contributed by atoms with Crippen molar-refractivity contribution in [1.29, 1.82) is 0 Å². The third-order valence-corrected chi connectivity index (χ3v) is 4.71. The zero-order chi connectivity index (χ0) is 20.1. The second kappa shape index (κ2) is 6.35. The molecule has 0 aliphatic carbocycles. The molecule has 1 heterocycles. The van der Waals surface area contributed by atoms with Gasteiger partial charge >= 0.3 is 0 Å². The number of amides is 1. The maximum atomic E-state index is 14.8. The van der Waals surface area contributed by atoms with Crippen molar-refractivity contribution in [2.24, 2.45) is 0 Å². The number of ether oxygens (including phenoxy) is 1. The molecular formula is C17H15ClF2N2O4S. The summed E-state index contributed by atoms with van der Waals surface area (Å²) in [7, 11) is -3.67. The largest absolute Gasteiger partial charge is 0.476 e. The first-order valence-electron chi connectivity index (χ1n) is 7.69. The van der Waals surface area contributed by atoms with Gasteiger partial charge in [-0.1, -0.05) is 17.7 Å². The Morgan fingerprint density at radius 1 is 1.22 bits per heavy atom. The lowest BCUT2D eigenvalue weighted by Gasteiger charge is -2.39. The third kappa shape index (κ3) is 3.57. The van der Waals surface area contributed by atoms with Crippen LogP contribution in [-0.4, -0.2) is 26.2 Å². The highest BCUT2D eigenvalue weighted by atomic mass is 35.5. The number of fused-ring (bicyclic) bond motifs is 1. The number of benzene rings is 2. The fraction of sp³-hybridized carbons (Fsp3) is 0.235. The Morgan fingerprint density at radius 2 is 1.89 bits per heavy atom. The summed E-state index contributed by atoms with van der Waals surface area (Å²) < 4.78 is 59.9. The van der Waals surface area contributed by atoms with Gasteiger partial charge in [-0.25, -0.2) is 17.2 Å². The molecule has 2 aromatic carbocycles. The van der Waals surface area contributed by atoms with Crippen LogP contribution in [0.2, 0.25) is 5.02 Å². The van der Waals surface area contributed by atoms with Gasteiger partial charge in [0.1, 0.15) is 11.4 Å². The maximum Gasteiger partial charge on any atom is 0.275 e. The van der Waals surface area contributed by atoms with Crippen molar-refractivity contribution in [3.63, 3.8) is 0 Å². The third-order valence-electron chi connectivity index (χ3n) is 3.81. The van der Waals surface area contributed by atoms with Crippen molar-refractivity contribution >= 4 is 44.6 Å². The van der Waals surface area contributed by atoms with E-state index in [-0.39, 0.29) is 27.8 Å². The van der Waals surface area contributed by atoms with Gasteiger partial charge in [-0.15, -0.1) is 0 Å². The number of nitrogens with one attached hydrogen (secondary N) is 1. The molecule has 1 amide bonds. The molecule has 3 rings (SSSR count). The summed E-state index contributed by atoms with van der Waals surface area (Å²) in [6, 6.07) is 6.11. The van der Waals surface area contributed by atoms with E-state index in [1.165, 1.54) is 38.1 Å². The molecule has 0 bridgehead atoms. The number of halogens is 3. The zero-order valence-electron chi connectivity index (χ0n) is 14.5. The van der Waals surface area contributed by atoms with Gasteiger partial charge in [0.05, 0.1) is 22.7 Å². The molecule has 144 valence electrons. The maximum absolute atomic E-state index is 14.8. The van der Waals surface area contributed by atoms with Gasteiger partial charge in [0, 0.05) is 12.1 Å². The van der Waals surface area contributed by atoms with Crippen LogP contribution in [0.3, 0.4) is 0 Å². The quantitative estimate of drug-likeness (QED) is 0.825. The molecule has 1 N–H and O–H groups in total. The summed E-state index contributed by atoms with van der Waals surface area (Å²) in [6.45, 7) is 2.87. The summed E-state index contributed by atoms with van der Waals surface area (Å²) in [6.07, 6.45) is 0.909. The molecule has 10 heteroatoms. The molecule has 0 spiro atoms. The molecule has 0 unspecified atom stereocenters. The summed E-state index contributed by atoms with van der Waals surface area (Å²) in [4.78, 5) is 13.7. The number of nitrogens with zero attached hydrogens (tertiary/aromatic N) is 1. The summed E-state index contributed by atoms with van der Waals surface area (Å²) in [5.41, 5.74) is -2.13. The van der Waals surface area contributed by atoms with Crippen molar-refractivity contribution in [2.45, 2.75) is 19.4 Å². The number of hydrogen-bond acceptors (Lipinski definition) is 4. The van der Waals surface area contributed by atoms with Crippen molar-refractivity contribution in [3.05, 3.63) is 47.0 Å². The molecule has 2 aromatic rings. The van der Waals surface area contributed by atoms with Crippen molar-refractivity contribution in [3.8, 4) is 5.75 Å². The number of rotatable bonds is 3. The fourth-order valence-electron chi connectivity index (χ4n) is 2.73. The number of anilines is 3. The minimum absolute atomic E-state index is 0.0922. The predicted octanol–water partition coefficient (Wildman–Crippen LogP) is 3.83. The molecular weight excluding hydrogens is 402 g/mol. The Labute approximate surface area is 159 Å². The lowest BCUT2D eigenvalue weighted by molar-refractivity contribution is -0.131. The number of carbonyl (C=O) groups is 1. The van der Waals surface area contributed by atoms with Crippen LogP contribution in [0.15, 0.2) is 30.3 Å². The van der Waals surface area contributed by atoms with Crippen LogP contribution in [0, 0.1) is 11.6 Å². The van der Waals surface area contributed by atoms with E-state index in [2.05, 4.69) is 4.72 Å². The second-order valence-corrected chi connectivity index (χ2v) is 8.66. The number of sulfonamides is 1. The van der Waals surface area contributed by atoms with Gasteiger partial charge in [0.25, 0.3) is 5.91 Å². The van der Waals surface area contributed by atoms with E-state index < -0.39 is 33.2 Å². The van der Waals surface area contributed by atoms with E-state index in [4.69, 9.17) is 16.3 Å². The zero-order valence-corrected chi connectivity index (χ0v) is 16.1. The molecule has 0 saturated heterocycles. The van der Waals surface area contributed by atoms with Gasteiger partial charge in [-0.2, -0.15) is 0 Å². The van der Waals surface area contributed by atoms with Gasteiger partial charge in [-0.05, 0) is 26.0 Å². The van der Waals surface area contributed by atoms with E-state index >= 15 is 0 Å². The molecule has 0 fully saturated rings. The summed E-state index contributed by atoms with van der Waals surface area (Å²) in [5, 5.41) is -0.234. The Bertz CT molecular complexity index is 1060. The predicted molar refractivity (Wildman–Crippen MR) is 98.1 cm³/mol. The normalized spacial score (nSPS) is 15.9. The van der Waals surface area contributed by atoms with Crippen LogP contribution in [0.1, 0.15) is 13.8 Å². The van der Waals surface area contributed by atoms with Gasteiger partial charge in [-0.3, -0.25) is 14.4 Å².